The Morgan fingerprint density at radius 2 is 2.00 bits per heavy atom. The number of aromatic nitrogens is 2. The van der Waals surface area contributed by atoms with Crippen molar-refractivity contribution in [3.05, 3.63) is 39.0 Å². The molecule has 0 unspecified atom stereocenters. The first kappa shape index (κ1) is 15.0. The Morgan fingerprint density at radius 1 is 1.23 bits per heavy atom. The van der Waals surface area contributed by atoms with E-state index in [1.807, 2.05) is 13.8 Å². The highest BCUT2D eigenvalue weighted by atomic mass is 32.1. The monoisotopic (exact) mass is 316 g/mol. The summed E-state index contributed by atoms with van der Waals surface area (Å²) < 4.78 is 5.68. The zero-order valence-corrected chi connectivity index (χ0v) is 14.1. The van der Waals surface area contributed by atoms with E-state index in [-0.39, 0.29) is 0 Å². The second kappa shape index (κ2) is 5.70. The fourth-order valence-electron chi connectivity index (χ4n) is 2.51. The molecule has 0 fully saturated rings. The Hall–Kier alpha value is -1.92. The molecule has 0 amide bonds. The average Bonchev–Trinajstić information content (AvgIpc) is 2.95. The molecule has 0 aromatic carbocycles. The molecule has 0 aliphatic rings. The van der Waals surface area contributed by atoms with Crippen molar-refractivity contribution in [2.45, 2.75) is 33.9 Å². The van der Waals surface area contributed by atoms with Gasteiger partial charge < -0.3 is 10.2 Å². The van der Waals surface area contributed by atoms with Crippen LogP contribution in [-0.2, 0) is 13.1 Å². The number of anilines is 1. The van der Waals surface area contributed by atoms with Gasteiger partial charge >= 0.3 is 0 Å². The summed E-state index contributed by atoms with van der Waals surface area (Å²) >= 11 is 1.77. The number of furan rings is 1. The molecular weight excluding hydrogens is 296 g/mol. The lowest BCUT2D eigenvalue weighted by Crippen LogP contribution is -2.19. The molecule has 0 atom stereocenters. The highest BCUT2D eigenvalue weighted by Crippen LogP contribution is 2.27. The minimum atomic E-state index is 0.495. The van der Waals surface area contributed by atoms with Crippen molar-refractivity contribution < 1.29 is 4.42 Å². The van der Waals surface area contributed by atoms with E-state index < -0.39 is 0 Å². The average molecular weight is 316 g/mol. The van der Waals surface area contributed by atoms with Gasteiger partial charge in [0.05, 0.1) is 11.9 Å². The molecule has 0 saturated heterocycles. The summed E-state index contributed by atoms with van der Waals surface area (Å²) in [6.45, 7) is 7.54. The van der Waals surface area contributed by atoms with Crippen molar-refractivity contribution in [3.63, 3.8) is 0 Å². The third-order valence-corrected chi connectivity index (χ3v) is 4.90. The van der Waals surface area contributed by atoms with Crippen LogP contribution in [0.15, 0.2) is 15.9 Å². The first-order valence-electron chi connectivity index (χ1n) is 7.19. The molecule has 0 bridgehead atoms. The van der Waals surface area contributed by atoms with Crippen molar-refractivity contribution in [2.75, 3.05) is 12.8 Å². The van der Waals surface area contributed by atoms with Crippen LogP contribution in [0.1, 0.15) is 27.6 Å². The maximum atomic E-state index is 6.08. The summed E-state index contributed by atoms with van der Waals surface area (Å²) in [6, 6.07) is 2.14. The normalized spacial score (nSPS) is 11.7. The SMILES string of the molecule is Cc1ccsc1CN(C)Cc1nc(N)c2c(C)c(C)oc2n1. The molecule has 3 aromatic rings. The summed E-state index contributed by atoms with van der Waals surface area (Å²) in [4.78, 5) is 12.5. The van der Waals surface area contributed by atoms with Gasteiger partial charge in [-0.15, -0.1) is 11.3 Å². The van der Waals surface area contributed by atoms with Gasteiger partial charge in [-0.3, -0.25) is 4.90 Å². The number of nitrogens with zero attached hydrogens (tertiary/aromatic N) is 3. The topological polar surface area (TPSA) is 68.2 Å². The summed E-state index contributed by atoms with van der Waals surface area (Å²) in [6.07, 6.45) is 0. The standard InChI is InChI=1S/C16H20N4OS/c1-9-5-6-22-12(9)7-20(4)8-13-18-15(17)14-10(2)11(3)21-16(14)19-13/h5-6H,7-8H2,1-4H3,(H2,17,18,19). The number of rotatable bonds is 4. The lowest BCUT2D eigenvalue weighted by molar-refractivity contribution is 0.313. The molecule has 0 aliphatic heterocycles. The Labute approximate surface area is 133 Å². The molecule has 3 aromatic heterocycles. The quantitative estimate of drug-likeness (QED) is 0.798. The fourth-order valence-corrected chi connectivity index (χ4v) is 3.49. The zero-order valence-electron chi connectivity index (χ0n) is 13.3. The van der Waals surface area contributed by atoms with Crippen LogP contribution in [0.25, 0.3) is 11.1 Å². The van der Waals surface area contributed by atoms with Crippen molar-refractivity contribution in [1.82, 2.24) is 14.9 Å². The maximum Gasteiger partial charge on any atom is 0.231 e. The van der Waals surface area contributed by atoms with Gasteiger partial charge in [-0.1, -0.05) is 0 Å². The number of thiophene rings is 1. The molecule has 3 heterocycles. The molecule has 0 aliphatic carbocycles. The highest BCUT2D eigenvalue weighted by Gasteiger charge is 2.15. The second-order valence-corrected chi connectivity index (χ2v) is 6.69. The van der Waals surface area contributed by atoms with Gasteiger partial charge in [0.25, 0.3) is 0 Å². The van der Waals surface area contributed by atoms with Gasteiger partial charge in [-0.05, 0) is 44.8 Å². The van der Waals surface area contributed by atoms with Crippen LogP contribution in [0.2, 0.25) is 0 Å². The van der Waals surface area contributed by atoms with E-state index in [1.165, 1.54) is 10.4 Å². The minimum Gasteiger partial charge on any atom is -0.443 e. The minimum absolute atomic E-state index is 0.495. The van der Waals surface area contributed by atoms with Gasteiger partial charge in [0, 0.05) is 17.0 Å². The van der Waals surface area contributed by atoms with E-state index in [0.717, 1.165) is 23.3 Å². The first-order valence-corrected chi connectivity index (χ1v) is 8.07. The fraction of sp³-hybridized carbons (Fsp3) is 0.375. The molecule has 3 rings (SSSR count). The molecule has 0 radical (unpaired) electrons. The van der Waals surface area contributed by atoms with E-state index in [4.69, 9.17) is 10.2 Å². The van der Waals surface area contributed by atoms with Crippen molar-refractivity contribution in [3.8, 4) is 0 Å². The highest BCUT2D eigenvalue weighted by molar-refractivity contribution is 7.10. The van der Waals surface area contributed by atoms with E-state index in [0.29, 0.717) is 23.9 Å². The predicted octanol–water partition coefficient (Wildman–Crippen LogP) is 3.42. The first-order chi connectivity index (χ1) is 10.5. The van der Waals surface area contributed by atoms with Crippen molar-refractivity contribution >= 4 is 28.3 Å². The molecule has 0 spiro atoms. The predicted molar refractivity (Wildman–Crippen MR) is 89.9 cm³/mol. The number of hydrogen-bond acceptors (Lipinski definition) is 6. The lowest BCUT2D eigenvalue weighted by atomic mass is 10.2. The molecule has 116 valence electrons. The molecule has 2 N–H and O–H groups in total. The maximum absolute atomic E-state index is 6.08. The lowest BCUT2D eigenvalue weighted by Gasteiger charge is -2.15. The van der Waals surface area contributed by atoms with Crippen LogP contribution in [0.5, 0.6) is 0 Å². The van der Waals surface area contributed by atoms with Crippen molar-refractivity contribution in [1.29, 1.82) is 0 Å². The van der Waals surface area contributed by atoms with Gasteiger partial charge in [0.15, 0.2) is 0 Å². The van der Waals surface area contributed by atoms with E-state index in [1.54, 1.807) is 11.3 Å². The Kier molecular flexibility index (Phi) is 3.88. The van der Waals surface area contributed by atoms with Crippen LogP contribution in [-0.4, -0.2) is 21.9 Å². The van der Waals surface area contributed by atoms with Gasteiger partial charge in [-0.25, -0.2) is 4.98 Å². The van der Waals surface area contributed by atoms with Gasteiger partial charge in [0.2, 0.25) is 5.71 Å². The smallest absolute Gasteiger partial charge is 0.231 e. The molecule has 5 nitrogen and oxygen atoms in total. The Balaban J connectivity index is 1.83. The van der Waals surface area contributed by atoms with Crippen LogP contribution < -0.4 is 5.73 Å². The van der Waals surface area contributed by atoms with E-state index in [9.17, 15) is 0 Å². The third-order valence-electron chi connectivity index (χ3n) is 3.90. The molecule has 22 heavy (non-hydrogen) atoms. The largest absolute Gasteiger partial charge is 0.443 e. The van der Waals surface area contributed by atoms with Crippen molar-refractivity contribution in [2.24, 2.45) is 0 Å². The third kappa shape index (κ3) is 2.71. The number of hydrogen-bond donors (Lipinski definition) is 1. The molecular formula is C16H20N4OS. The number of nitrogens with two attached hydrogens (primary N) is 1. The summed E-state index contributed by atoms with van der Waals surface area (Å²) in [5.41, 5.74) is 9.00. The summed E-state index contributed by atoms with van der Waals surface area (Å²) in [5.74, 6) is 2.03. The van der Waals surface area contributed by atoms with Crippen LogP contribution in [0.3, 0.4) is 0 Å². The van der Waals surface area contributed by atoms with Gasteiger partial charge in [-0.2, -0.15) is 4.98 Å². The number of aryl methyl sites for hydroxylation is 3. The van der Waals surface area contributed by atoms with E-state index in [2.05, 4.69) is 40.3 Å². The summed E-state index contributed by atoms with van der Waals surface area (Å²) in [5, 5.41) is 2.95. The Bertz CT molecular complexity index is 821. The number of nitrogen functional groups attached to an aromatic ring is 1. The van der Waals surface area contributed by atoms with Gasteiger partial charge in [0.1, 0.15) is 17.4 Å². The van der Waals surface area contributed by atoms with Crippen LogP contribution >= 0.6 is 11.3 Å². The Morgan fingerprint density at radius 3 is 2.68 bits per heavy atom. The van der Waals surface area contributed by atoms with E-state index >= 15 is 0 Å². The zero-order chi connectivity index (χ0) is 15.9. The van der Waals surface area contributed by atoms with Crippen LogP contribution in [0.4, 0.5) is 5.82 Å². The van der Waals surface area contributed by atoms with Crippen LogP contribution in [0, 0.1) is 20.8 Å². The number of fused-ring (bicyclic) bond motifs is 1. The molecule has 0 saturated carbocycles. The summed E-state index contributed by atoms with van der Waals surface area (Å²) in [7, 11) is 2.06. The molecule has 6 heteroatoms. The second-order valence-electron chi connectivity index (χ2n) is 5.69.